The van der Waals surface area contributed by atoms with Crippen LogP contribution in [-0.2, 0) is 6.18 Å². The van der Waals surface area contributed by atoms with Crippen molar-refractivity contribution in [2.24, 2.45) is 0 Å². The van der Waals surface area contributed by atoms with Gasteiger partial charge in [-0.05, 0) is 76.3 Å². The zero-order valence-corrected chi connectivity index (χ0v) is 19.5. The van der Waals surface area contributed by atoms with E-state index in [4.69, 9.17) is 0 Å². The van der Waals surface area contributed by atoms with Gasteiger partial charge in [-0.2, -0.15) is 13.2 Å². The number of anilines is 1. The van der Waals surface area contributed by atoms with Gasteiger partial charge in [0.2, 0.25) is 0 Å². The molecule has 34 heavy (non-hydrogen) atoms. The SMILES string of the molecule is CN(C)CCCNC(=O)c1ccccc1N1CCC(NC(=O)c2ccc(C(F)(F)F)cc2)CC1. The number of benzene rings is 2. The van der Waals surface area contributed by atoms with Crippen molar-refractivity contribution in [3.05, 3.63) is 65.2 Å². The molecule has 3 rings (SSSR count). The van der Waals surface area contributed by atoms with E-state index in [-0.39, 0.29) is 23.4 Å². The fraction of sp³-hybridized carbons (Fsp3) is 0.440. The largest absolute Gasteiger partial charge is 0.416 e. The van der Waals surface area contributed by atoms with E-state index in [1.165, 1.54) is 12.1 Å². The summed E-state index contributed by atoms with van der Waals surface area (Å²) in [6.07, 6.45) is -2.22. The number of rotatable bonds is 8. The van der Waals surface area contributed by atoms with Crippen LogP contribution in [0.4, 0.5) is 18.9 Å². The Morgan fingerprint density at radius 2 is 1.65 bits per heavy atom. The van der Waals surface area contributed by atoms with E-state index < -0.39 is 11.7 Å². The molecule has 0 aromatic heterocycles. The Hall–Kier alpha value is -3.07. The van der Waals surface area contributed by atoms with Crippen molar-refractivity contribution in [3.63, 3.8) is 0 Å². The molecule has 2 N–H and O–H groups in total. The van der Waals surface area contributed by atoms with Gasteiger partial charge in [0.05, 0.1) is 11.1 Å². The van der Waals surface area contributed by atoms with Gasteiger partial charge in [-0.1, -0.05) is 12.1 Å². The first-order valence-electron chi connectivity index (χ1n) is 11.4. The molecule has 1 heterocycles. The first kappa shape index (κ1) is 25.6. The number of halogens is 3. The van der Waals surface area contributed by atoms with Crippen LogP contribution in [0, 0.1) is 0 Å². The van der Waals surface area contributed by atoms with Crippen molar-refractivity contribution in [2.45, 2.75) is 31.5 Å². The maximum Gasteiger partial charge on any atom is 0.416 e. The van der Waals surface area contributed by atoms with Crippen LogP contribution in [0.25, 0.3) is 0 Å². The number of hydrogen-bond acceptors (Lipinski definition) is 4. The lowest BCUT2D eigenvalue weighted by Crippen LogP contribution is -2.45. The van der Waals surface area contributed by atoms with E-state index in [2.05, 4.69) is 20.4 Å². The number of para-hydroxylation sites is 1. The van der Waals surface area contributed by atoms with Crippen molar-refractivity contribution in [3.8, 4) is 0 Å². The van der Waals surface area contributed by atoms with Crippen LogP contribution in [0.15, 0.2) is 48.5 Å². The van der Waals surface area contributed by atoms with Crippen LogP contribution in [0.5, 0.6) is 0 Å². The fourth-order valence-electron chi connectivity index (χ4n) is 3.98. The average molecular weight is 477 g/mol. The highest BCUT2D eigenvalue weighted by Gasteiger charge is 2.30. The second kappa shape index (κ2) is 11.4. The highest BCUT2D eigenvalue weighted by Crippen LogP contribution is 2.29. The zero-order chi connectivity index (χ0) is 24.7. The minimum Gasteiger partial charge on any atom is -0.371 e. The number of amides is 2. The summed E-state index contributed by atoms with van der Waals surface area (Å²) in [4.78, 5) is 29.4. The van der Waals surface area contributed by atoms with Gasteiger partial charge in [-0.15, -0.1) is 0 Å². The standard InChI is InChI=1S/C25H31F3N4O2/c1-31(2)15-5-14-29-24(34)21-6-3-4-7-22(21)32-16-12-20(13-17-32)30-23(33)18-8-10-19(11-9-18)25(26,27)28/h3-4,6-11,20H,5,12-17H2,1-2H3,(H,29,34)(H,30,33). The quantitative estimate of drug-likeness (QED) is 0.569. The van der Waals surface area contributed by atoms with E-state index in [0.717, 1.165) is 30.8 Å². The Bertz CT molecular complexity index is 969. The van der Waals surface area contributed by atoms with Gasteiger partial charge < -0.3 is 20.4 Å². The third kappa shape index (κ3) is 6.96. The summed E-state index contributed by atoms with van der Waals surface area (Å²) < 4.78 is 38.2. The molecule has 0 unspecified atom stereocenters. The second-order valence-corrected chi connectivity index (χ2v) is 8.74. The molecule has 2 aromatic carbocycles. The lowest BCUT2D eigenvalue weighted by atomic mass is 10.0. The third-order valence-electron chi connectivity index (χ3n) is 5.86. The maximum atomic E-state index is 12.7. The second-order valence-electron chi connectivity index (χ2n) is 8.74. The normalized spacial score (nSPS) is 14.8. The third-order valence-corrected chi connectivity index (χ3v) is 5.86. The molecule has 1 fully saturated rings. The highest BCUT2D eigenvalue weighted by atomic mass is 19.4. The summed E-state index contributed by atoms with van der Waals surface area (Å²) in [7, 11) is 3.99. The summed E-state index contributed by atoms with van der Waals surface area (Å²) in [5, 5.41) is 5.90. The smallest absolute Gasteiger partial charge is 0.371 e. The van der Waals surface area contributed by atoms with Crippen LogP contribution in [0.1, 0.15) is 45.5 Å². The fourth-order valence-corrected chi connectivity index (χ4v) is 3.98. The summed E-state index contributed by atoms with van der Waals surface area (Å²) >= 11 is 0. The molecule has 184 valence electrons. The van der Waals surface area contributed by atoms with Crippen molar-refractivity contribution in [1.82, 2.24) is 15.5 Å². The Morgan fingerprint density at radius 3 is 2.26 bits per heavy atom. The number of carbonyl (C=O) groups excluding carboxylic acids is 2. The molecular weight excluding hydrogens is 445 g/mol. The van der Waals surface area contributed by atoms with Crippen molar-refractivity contribution < 1.29 is 22.8 Å². The van der Waals surface area contributed by atoms with E-state index in [0.29, 0.717) is 38.0 Å². The number of piperidine rings is 1. The summed E-state index contributed by atoms with van der Waals surface area (Å²) in [6.45, 7) is 2.81. The average Bonchev–Trinajstić information content (AvgIpc) is 2.81. The number of nitrogens with one attached hydrogen (secondary N) is 2. The van der Waals surface area contributed by atoms with E-state index in [9.17, 15) is 22.8 Å². The predicted octanol–water partition coefficient (Wildman–Crippen LogP) is 3.79. The molecule has 2 amide bonds. The first-order valence-corrected chi connectivity index (χ1v) is 11.4. The van der Waals surface area contributed by atoms with Gasteiger partial charge in [0.1, 0.15) is 0 Å². The summed E-state index contributed by atoms with van der Waals surface area (Å²) in [5.74, 6) is -0.489. The summed E-state index contributed by atoms with van der Waals surface area (Å²) in [6, 6.07) is 11.6. The van der Waals surface area contributed by atoms with Crippen LogP contribution >= 0.6 is 0 Å². The topological polar surface area (TPSA) is 64.7 Å². The van der Waals surface area contributed by atoms with Crippen LogP contribution in [0.2, 0.25) is 0 Å². The molecule has 1 aliphatic heterocycles. The Labute approximate surface area is 198 Å². The molecule has 0 spiro atoms. The molecule has 2 aromatic rings. The maximum absolute atomic E-state index is 12.7. The molecule has 1 aliphatic rings. The molecule has 0 aliphatic carbocycles. The molecule has 0 saturated carbocycles. The lowest BCUT2D eigenvalue weighted by Gasteiger charge is -2.35. The van der Waals surface area contributed by atoms with Crippen LogP contribution in [0.3, 0.4) is 0 Å². The highest BCUT2D eigenvalue weighted by molar-refractivity contribution is 5.99. The Kier molecular flexibility index (Phi) is 8.55. The van der Waals surface area contributed by atoms with Crippen LogP contribution < -0.4 is 15.5 Å². The molecule has 6 nitrogen and oxygen atoms in total. The lowest BCUT2D eigenvalue weighted by molar-refractivity contribution is -0.137. The number of alkyl halides is 3. The minimum absolute atomic E-state index is 0.0851. The van der Waals surface area contributed by atoms with Gasteiger partial charge >= 0.3 is 6.18 Å². The van der Waals surface area contributed by atoms with E-state index >= 15 is 0 Å². The zero-order valence-electron chi connectivity index (χ0n) is 19.5. The monoisotopic (exact) mass is 476 g/mol. The molecule has 0 atom stereocenters. The molecule has 1 saturated heterocycles. The number of nitrogens with zero attached hydrogens (tertiary/aromatic N) is 2. The molecule has 9 heteroatoms. The minimum atomic E-state index is -4.43. The molecule has 0 bridgehead atoms. The van der Waals surface area contributed by atoms with Gasteiger partial charge in [0, 0.05) is 36.9 Å². The van der Waals surface area contributed by atoms with Gasteiger partial charge in [-0.3, -0.25) is 9.59 Å². The molecule has 0 radical (unpaired) electrons. The van der Waals surface area contributed by atoms with Crippen LogP contribution in [-0.4, -0.2) is 63.0 Å². The molecular formula is C25H31F3N4O2. The van der Waals surface area contributed by atoms with Gasteiger partial charge in [0.15, 0.2) is 0 Å². The Balaban J connectivity index is 1.54. The van der Waals surface area contributed by atoms with Gasteiger partial charge in [0.25, 0.3) is 11.8 Å². The van der Waals surface area contributed by atoms with E-state index in [1.807, 2.05) is 38.4 Å². The van der Waals surface area contributed by atoms with Crippen molar-refractivity contribution in [2.75, 3.05) is 45.2 Å². The predicted molar refractivity (Wildman–Crippen MR) is 126 cm³/mol. The van der Waals surface area contributed by atoms with E-state index in [1.54, 1.807) is 0 Å². The summed E-state index contributed by atoms with van der Waals surface area (Å²) in [5.41, 5.74) is 0.907. The van der Waals surface area contributed by atoms with Crippen molar-refractivity contribution >= 4 is 17.5 Å². The van der Waals surface area contributed by atoms with Gasteiger partial charge in [-0.25, -0.2) is 0 Å². The number of hydrogen-bond donors (Lipinski definition) is 2. The van der Waals surface area contributed by atoms with Crippen molar-refractivity contribution in [1.29, 1.82) is 0 Å². The Morgan fingerprint density at radius 1 is 1.00 bits per heavy atom. The first-order chi connectivity index (χ1) is 16.1. The number of carbonyl (C=O) groups is 2.